The van der Waals surface area contributed by atoms with Crippen LogP contribution in [0.2, 0.25) is 0 Å². The Bertz CT molecular complexity index is 436. The van der Waals surface area contributed by atoms with Crippen molar-refractivity contribution < 1.29 is 9.59 Å². The Morgan fingerprint density at radius 3 is 2.17 bits per heavy atom. The summed E-state index contributed by atoms with van der Waals surface area (Å²) in [6.45, 7) is 6.64. The van der Waals surface area contributed by atoms with Gasteiger partial charge in [0.15, 0.2) is 10.9 Å². The smallest absolute Gasteiger partial charge is 0.190 e. The standard InChI is InChI=1S/C8H7IOS.C6H8O/c1-6(10)11-8-4-2-7(9)3-5-8;1-3-5-6(7)4-2/h2-5H,1H3;3-5H,2H2,1H3. The van der Waals surface area contributed by atoms with E-state index in [1.165, 1.54) is 27.5 Å². The van der Waals surface area contributed by atoms with Crippen LogP contribution >= 0.6 is 34.4 Å². The molecule has 0 amide bonds. The van der Waals surface area contributed by atoms with Gasteiger partial charge in [-0.15, -0.1) is 0 Å². The fourth-order valence-corrected chi connectivity index (χ4v) is 1.86. The average molecular weight is 374 g/mol. The van der Waals surface area contributed by atoms with Crippen LogP contribution in [0, 0.1) is 3.57 Å². The van der Waals surface area contributed by atoms with Gasteiger partial charge in [0.1, 0.15) is 0 Å². The van der Waals surface area contributed by atoms with Crippen molar-refractivity contribution in [2.45, 2.75) is 18.7 Å². The van der Waals surface area contributed by atoms with E-state index < -0.39 is 0 Å². The zero-order valence-electron chi connectivity index (χ0n) is 10.4. The minimum atomic E-state index is -0.0394. The van der Waals surface area contributed by atoms with Gasteiger partial charge < -0.3 is 0 Å². The molecule has 0 N–H and O–H groups in total. The van der Waals surface area contributed by atoms with Crippen molar-refractivity contribution in [1.29, 1.82) is 0 Å². The maximum absolute atomic E-state index is 10.7. The van der Waals surface area contributed by atoms with E-state index in [-0.39, 0.29) is 10.9 Å². The summed E-state index contributed by atoms with van der Waals surface area (Å²) in [5.74, 6) is -0.0394. The van der Waals surface area contributed by atoms with Crippen LogP contribution in [0.5, 0.6) is 0 Å². The summed E-state index contributed by atoms with van der Waals surface area (Å²) in [5, 5.41) is 0.131. The molecule has 1 rings (SSSR count). The first kappa shape index (κ1) is 17.1. The van der Waals surface area contributed by atoms with Gasteiger partial charge in [0.2, 0.25) is 0 Å². The molecular formula is C14H15IO2S. The van der Waals surface area contributed by atoms with Crippen molar-refractivity contribution in [2.24, 2.45) is 0 Å². The predicted octanol–water partition coefficient (Wildman–Crippen LogP) is 4.25. The molecule has 0 heterocycles. The minimum absolute atomic E-state index is 0.0394. The van der Waals surface area contributed by atoms with E-state index in [1.807, 2.05) is 24.3 Å². The van der Waals surface area contributed by atoms with Crippen molar-refractivity contribution >= 4 is 45.3 Å². The van der Waals surface area contributed by atoms with E-state index in [9.17, 15) is 9.59 Å². The second-order valence-corrected chi connectivity index (χ2v) is 5.65. The van der Waals surface area contributed by atoms with Crippen LogP contribution in [0.15, 0.2) is 54.0 Å². The number of ketones is 1. The van der Waals surface area contributed by atoms with Crippen LogP contribution in [0.3, 0.4) is 0 Å². The molecule has 0 aliphatic heterocycles. The SMILES string of the molecule is C=CC(=O)C=CC.CC(=O)Sc1ccc(I)cc1. The molecule has 0 aliphatic rings. The zero-order valence-corrected chi connectivity index (χ0v) is 13.3. The number of hydrogen-bond acceptors (Lipinski definition) is 3. The molecular weight excluding hydrogens is 359 g/mol. The van der Waals surface area contributed by atoms with E-state index in [0.29, 0.717) is 0 Å². The largest absolute Gasteiger partial charge is 0.290 e. The quantitative estimate of drug-likeness (QED) is 0.451. The molecule has 0 saturated heterocycles. The molecule has 96 valence electrons. The molecule has 0 saturated carbocycles. The third kappa shape index (κ3) is 9.18. The number of hydrogen-bond donors (Lipinski definition) is 0. The number of halogens is 1. The van der Waals surface area contributed by atoms with Gasteiger partial charge in [0, 0.05) is 15.4 Å². The van der Waals surface area contributed by atoms with E-state index in [4.69, 9.17) is 0 Å². The first-order chi connectivity index (χ1) is 8.49. The molecule has 1 aromatic carbocycles. The topological polar surface area (TPSA) is 34.1 Å². The summed E-state index contributed by atoms with van der Waals surface area (Å²) in [6.07, 6.45) is 4.43. The fourth-order valence-electron chi connectivity index (χ4n) is 0.901. The lowest BCUT2D eigenvalue weighted by atomic mass is 10.3. The van der Waals surface area contributed by atoms with E-state index >= 15 is 0 Å². The Morgan fingerprint density at radius 2 is 1.83 bits per heavy atom. The van der Waals surface area contributed by atoms with Gasteiger partial charge in [-0.1, -0.05) is 24.4 Å². The number of benzene rings is 1. The highest BCUT2D eigenvalue weighted by Gasteiger charge is 1.96. The first-order valence-electron chi connectivity index (χ1n) is 5.22. The molecule has 0 bridgehead atoms. The molecule has 18 heavy (non-hydrogen) atoms. The van der Waals surface area contributed by atoms with Gasteiger partial charge in [-0.3, -0.25) is 9.59 Å². The van der Waals surface area contributed by atoms with Crippen LogP contribution < -0.4 is 0 Å². The molecule has 1 aromatic rings. The summed E-state index contributed by atoms with van der Waals surface area (Å²) < 4.78 is 1.19. The van der Waals surface area contributed by atoms with E-state index in [2.05, 4.69) is 29.2 Å². The normalized spacial score (nSPS) is 9.50. The molecule has 0 aromatic heterocycles. The first-order valence-corrected chi connectivity index (χ1v) is 7.12. The lowest BCUT2D eigenvalue weighted by molar-refractivity contribution is -0.110. The average Bonchev–Trinajstić information content (AvgIpc) is 2.33. The molecule has 0 fully saturated rings. The van der Waals surface area contributed by atoms with Crippen LogP contribution in [0.4, 0.5) is 0 Å². The Hall–Kier alpha value is -0.880. The Morgan fingerprint density at radius 1 is 1.28 bits per heavy atom. The third-order valence-corrected chi connectivity index (χ3v) is 3.12. The summed E-state index contributed by atoms with van der Waals surface area (Å²) in [5.41, 5.74) is 0. The highest BCUT2D eigenvalue weighted by molar-refractivity contribution is 14.1. The summed E-state index contributed by atoms with van der Waals surface area (Å²) in [4.78, 5) is 21.9. The zero-order chi connectivity index (χ0) is 14.0. The highest BCUT2D eigenvalue weighted by Crippen LogP contribution is 2.19. The summed E-state index contributed by atoms with van der Waals surface area (Å²) in [6, 6.07) is 7.89. The molecule has 4 heteroatoms. The van der Waals surface area contributed by atoms with Gasteiger partial charge in [-0.05, 0) is 65.9 Å². The van der Waals surface area contributed by atoms with Gasteiger partial charge in [-0.2, -0.15) is 0 Å². The lowest BCUT2D eigenvalue weighted by Crippen LogP contribution is -1.80. The maximum atomic E-state index is 10.7. The molecule has 2 nitrogen and oxygen atoms in total. The Kier molecular flexibility index (Phi) is 9.59. The van der Waals surface area contributed by atoms with Gasteiger partial charge in [-0.25, -0.2) is 0 Å². The van der Waals surface area contributed by atoms with Crippen LogP contribution in [0.25, 0.3) is 0 Å². The Balaban J connectivity index is 0.000000360. The van der Waals surface area contributed by atoms with Gasteiger partial charge in [0.25, 0.3) is 0 Å². The van der Waals surface area contributed by atoms with Gasteiger partial charge >= 0.3 is 0 Å². The lowest BCUT2D eigenvalue weighted by Gasteiger charge is -1.95. The van der Waals surface area contributed by atoms with Crippen LogP contribution in [-0.4, -0.2) is 10.9 Å². The highest BCUT2D eigenvalue weighted by atomic mass is 127. The Labute approximate surface area is 126 Å². The number of carbonyl (C=O) groups is 2. The van der Waals surface area contributed by atoms with Crippen molar-refractivity contribution in [3.05, 3.63) is 52.6 Å². The second-order valence-electron chi connectivity index (χ2n) is 3.15. The molecule has 0 spiro atoms. The van der Waals surface area contributed by atoms with Crippen LogP contribution in [0.1, 0.15) is 13.8 Å². The summed E-state index contributed by atoms with van der Waals surface area (Å²) >= 11 is 3.50. The van der Waals surface area contributed by atoms with Gasteiger partial charge in [0.05, 0.1) is 0 Å². The number of carbonyl (C=O) groups excluding carboxylic acids is 2. The fraction of sp³-hybridized carbons (Fsp3) is 0.143. The molecule has 0 radical (unpaired) electrons. The van der Waals surface area contributed by atoms with Crippen LogP contribution in [-0.2, 0) is 9.59 Å². The molecule has 0 atom stereocenters. The number of allylic oxidation sites excluding steroid dienone is 3. The second kappa shape index (κ2) is 10.1. The number of thioether (sulfide) groups is 1. The molecule has 0 unspecified atom stereocenters. The van der Waals surface area contributed by atoms with Crippen molar-refractivity contribution in [3.8, 4) is 0 Å². The predicted molar refractivity (Wildman–Crippen MR) is 85.7 cm³/mol. The maximum Gasteiger partial charge on any atom is 0.190 e. The van der Waals surface area contributed by atoms with E-state index in [0.717, 1.165) is 4.90 Å². The molecule has 0 aliphatic carbocycles. The summed E-state index contributed by atoms with van der Waals surface area (Å²) in [7, 11) is 0. The van der Waals surface area contributed by atoms with Crippen molar-refractivity contribution in [2.75, 3.05) is 0 Å². The van der Waals surface area contributed by atoms with Crippen molar-refractivity contribution in [1.82, 2.24) is 0 Å². The minimum Gasteiger partial charge on any atom is -0.290 e. The van der Waals surface area contributed by atoms with Crippen molar-refractivity contribution in [3.63, 3.8) is 0 Å². The third-order valence-electron chi connectivity index (χ3n) is 1.61. The monoisotopic (exact) mass is 374 g/mol. The number of rotatable bonds is 3. The van der Waals surface area contributed by atoms with E-state index in [1.54, 1.807) is 19.9 Å².